The molecular formula is C12H13N3O3. The van der Waals surface area contributed by atoms with Crippen molar-refractivity contribution in [3.05, 3.63) is 24.2 Å². The minimum Gasteiger partial charge on any atom is -0.479 e. The number of hydrogen-bond donors (Lipinski definition) is 1. The highest BCUT2D eigenvalue weighted by atomic mass is 16.5. The summed E-state index contributed by atoms with van der Waals surface area (Å²) in [6, 6.07) is 1.93. The summed E-state index contributed by atoms with van der Waals surface area (Å²) in [5.41, 5.74) is 1.74. The Morgan fingerprint density at radius 3 is 3.06 bits per heavy atom. The minimum absolute atomic E-state index is 0.312. The van der Waals surface area contributed by atoms with E-state index in [1.807, 2.05) is 6.07 Å². The second-order valence-corrected chi connectivity index (χ2v) is 4.50. The van der Waals surface area contributed by atoms with E-state index < -0.39 is 12.1 Å². The fraction of sp³-hybridized carbons (Fsp3) is 0.417. The summed E-state index contributed by atoms with van der Waals surface area (Å²) in [5.74, 6) is -0.165. The third-order valence-corrected chi connectivity index (χ3v) is 3.01. The van der Waals surface area contributed by atoms with Gasteiger partial charge in [-0.2, -0.15) is 5.10 Å². The van der Waals surface area contributed by atoms with Crippen molar-refractivity contribution in [2.75, 3.05) is 0 Å². The molecular weight excluding hydrogens is 234 g/mol. The van der Waals surface area contributed by atoms with Crippen LogP contribution >= 0.6 is 0 Å². The zero-order chi connectivity index (χ0) is 12.7. The van der Waals surface area contributed by atoms with Crippen LogP contribution in [0.2, 0.25) is 0 Å². The van der Waals surface area contributed by atoms with Gasteiger partial charge in [0, 0.05) is 18.3 Å². The van der Waals surface area contributed by atoms with Crippen LogP contribution in [0.1, 0.15) is 31.4 Å². The first-order valence-corrected chi connectivity index (χ1v) is 5.89. The van der Waals surface area contributed by atoms with E-state index in [4.69, 9.17) is 9.84 Å². The third kappa shape index (κ3) is 1.90. The lowest BCUT2D eigenvalue weighted by atomic mass is 10.3. The van der Waals surface area contributed by atoms with Crippen molar-refractivity contribution in [3.63, 3.8) is 0 Å². The van der Waals surface area contributed by atoms with E-state index in [9.17, 15) is 4.79 Å². The van der Waals surface area contributed by atoms with E-state index in [-0.39, 0.29) is 0 Å². The molecule has 1 unspecified atom stereocenters. The highest BCUT2D eigenvalue weighted by Crippen LogP contribution is 2.40. The molecule has 2 aromatic heterocycles. The van der Waals surface area contributed by atoms with Gasteiger partial charge in [-0.1, -0.05) is 0 Å². The number of fused-ring (bicyclic) bond motifs is 1. The maximum Gasteiger partial charge on any atom is 0.344 e. The molecule has 1 fully saturated rings. The van der Waals surface area contributed by atoms with Gasteiger partial charge in [0.1, 0.15) is 5.52 Å². The average Bonchev–Trinajstić information content (AvgIpc) is 3.09. The molecule has 0 bridgehead atoms. The number of hydrogen-bond acceptors (Lipinski definition) is 4. The Labute approximate surface area is 103 Å². The largest absolute Gasteiger partial charge is 0.479 e. The van der Waals surface area contributed by atoms with E-state index >= 15 is 0 Å². The van der Waals surface area contributed by atoms with Crippen molar-refractivity contribution < 1.29 is 14.6 Å². The summed E-state index contributed by atoms with van der Waals surface area (Å²) in [7, 11) is 0. The number of carboxylic acids is 1. The predicted octanol–water partition coefficient (Wildman–Crippen LogP) is 1.46. The summed E-state index contributed by atoms with van der Waals surface area (Å²) >= 11 is 0. The first kappa shape index (κ1) is 11.0. The van der Waals surface area contributed by atoms with E-state index in [0.717, 1.165) is 5.69 Å². The quantitative estimate of drug-likeness (QED) is 0.885. The van der Waals surface area contributed by atoms with Crippen LogP contribution in [0, 0.1) is 0 Å². The lowest BCUT2D eigenvalue weighted by Gasteiger charge is -2.09. The zero-order valence-corrected chi connectivity index (χ0v) is 9.91. The molecule has 2 heterocycles. The van der Waals surface area contributed by atoms with Gasteiger partial charge in [-0.05, 0) is 25.8 Å². The van der Waals surface area contributed by atoms with Gasteiger partial charge in [-0.25, -0.2) is 14.3 Å². The lowest BCUT2D eigenvalue weighted by Crippen LogP contribution is -2.23. The normalized spacial score (nSPS) is 16.7. The number of carbonyl (C=O) groups is 1. The van der Waals surface area contributed by atoms with Crippen molar-refractivity contribution in [2.24, 2.45) is 0 Å². The number of aromatic nitrogens is 3. The highest BCUT2D eigenvalue weighted by molar-refractivity contribution is 5.72. The van der Waals surface area contributed by atoms with Gasteiger partial charge in [0.15, 0.2) is 6.10 Å². The average molecular weight is 247 g/mol. The number of nitrogens with zero attached hydrogens (tertiary/aromatic N) is 3. The van der Waals surface area contributed by atoms with E-state index in [1.54, 1.807) is 16.9 Å². The van der Waals surface area contributed by atoms with Crippen molar-refractivity contribution in [1.29, 1.82) is 0 Å². The van der Waals surface area contributed by atoms with Gasteiger partial charge in [-0.15, -0.1) is 0 Å². The number of rotatable bonds is 4. The second-order valence-electron chi connectivity index (χ2n) is 4.50. The van der Waals surface area contributed by atoms with Gasteiger partial charge in [0.2, 0.25) is 5.88 Å². The maximum absolute atomic E-state index is 10.8. The number of ether oxygens (including phenoxy) is 1. The summed E-state index contributed by atoms with van der Waals surface area (Å²) in [6.07, 6.45) is 4.70. The molecule has 0 aliphatic heterocycles. The summed E-state index contributed by atoms with van der Waals surface area (Å²) < 4.78 is 7.02. The molecule has 0 spiro atoms. The van der Waals surface area contributed by atoms with Crippen LogP contribution in [0.5, 0.6) is 5.88 Å². The second kappa shape index (κ2) is 3.97. The van der Waals surface area contributed by atoms with Gasteiger partial charge in [0.25, 0.3) is 0 Å². The molecule has 94 valence electrons. The fourth-order valence-corrected chi connectivity index (χ4v) is 1.80. The van der Waals surface area contributed by atoms with Crippen LogP contribution in [0.15, 0.2) is 18.5 Å². The molecule has 18 heavy (non-hydrogen) atoms. The van der Waals surface area contributed by atoms with Crippen molar-refractivity contribution in [3.8, 4) is 5.88 Å². The molecule has 3 rings (SSSR count). The van der Waals surface area contributed by atoms with Crippen molar-refractivity contribution >= 4 is 11.5 Å². The van der Waals surface area contributed by atoms with Crippen LogP contribution in [0.4, 0.5) is 0 Å². The van der Waals surface area contributed by atoms with Crippen LogP contribution in [0.3, 0.4) is 0 Å². The van der Waals surface area contributed by atoms with Gasteiger partial charge < -0.3 is 9.84 Å². The molecule has 0 saturated heterocycles. The Hall–Kier alpha value is -2.11. The zero-order valence-electron chi connectivity index (χ0n) is 9.91. The molecule has 1 aliphatic rings. The first-order valence-electron chi connectivity index (χ1n) is 5.89. The van der Waals surface area contributed by atoms with Crippen molar-refractivity contribution in [1.82, 2.24) is 14.6 Å². The summed E-state index contributed by atoms with van der Waals surface area (Å²) in [5, 5.41) is 13.3. The van der Waals surface area contributed by atoms with Gasteiger partial charge in [0.05, 0.1) is 5.69 Å². The molecule has 1 aliphatic carbocycles. The number of aliphatic carboxylic acids is 1. The van der Waals surface area contributed by atoms with E-state index in [0.29, 0.717) is 17.3 Å². The topological polar surface area (TPSA) is 76.7 Å². The summed E-state index contributed by atoms with van der Waals surface area (Å²) in [6.45, 7) is 1.48. The summed E-state index contributed by atoms with van der Waals surface area (Å²) in [4.78, 5) is 14.9. The molecule has 6 nitrogen and oxygen atoms in total. The Kier molecular flexibility index (Phi) is 2.43. The molecule has 1 atom stereocenters. The van der Waals surface area contributed by atoms with E-state index in [2.05, 4.69) is 10.1 Å². The standard InChI is InChI=1S/C12H13N3O3/c1-7(12(16)17)18-11-10-6-9(8-2-3-8)14-15(10)5-4-13-11/h4-8H,2-3H2,1H3,(H,16,17). The monoisotopic (exact) mass is 247 g/mol. The molecule has 6 heteroatoms. The molecule has 2 aromatic rings. The Morgan fingerprint density at radius 1 is 1.61 bits per heavy atom. The first-order chi connectivity index (χ1) is 8.65. The minimum atomic E-state index is -1.01. The Morgan fingerprint density at radius 2 is 2.39 bits per heavy atom. The predicted molar refractivity (Wildman–Crippen MR) is 62.7 cm³/mol. The molecule has 1 saturated carbocycles. The van der Waals surface area contributed by atoms with Crippen LogP contribution in [0.25, 0.3) is 5.52 Å². The highest BCUT2D eigenvalue weighted by Gasteiger charge is 2.27. The maximum atomic E-state index is 10.8. The van der Waals surface area contributed by atoms with Crippen LogP contribution in [-0.4, -0.2) is 31.8 Å². The van der Waals surface area contributed by atoms with Gasteiger partial charge in [-0.3, -0.25) is 0 Å². The smallest absolute Gasteiger partial charge is 0.344 e. The van der Waals surface area contributed by atoms with Gasteiger partial charge >= 0.3 is 5.97 Å². The van der Waals surface area contributed by atoms with Crippen molar-refractivity contribution in [2.45, 2.75) is 31.8 Å². The SMILES string of the molecule is CC(Oc1nccn2nc(C3CC3)cc12)C(=O)O. The Balaban J connectivity index is 1.97. The lowest BCUT2D eigenvalue weighted by molar-refractivity contribution is -0.144. The molecule has 0 amide bonds. The van der Waals surface area contributed by atoms with Crippen LogP contribution in [-0.2, 0) is 4.79 Å². The number of carboxylic acid groups (broad SMARTS) is 1. The molecule has 1 N–H and O–H groups in total. The Bertz CT molecular complexity index is 604. The molecule has 0 radical (unpaired) electrons. The fourth-order valence-electron chi connectivity index (χ4n) is 1.80. The third-order valence-electron chi connectivity index (χ3n) is 3.01. The molecule has 0 aromatic carbocycles. The van der Waals surface area contributed by atoms with Crippen LogP contribution < -0.4 is 4.74 Å². The van der Waals surface area contributed by atoms with E-state index in [1.165, 1.54) is 19.8 Å².